The predicted molar refractivity (Wildman–Crippen MR) is 73.2 cm³/mol. The number of nitrogens with zero attached hydrogens (tertiary/aromatic N) is 3. The summed E-state index contributed by atoms with van der Waals surface area (Å²) in [5.41, 5.74) is -1.05. The Morgan fingerprint density at radius 3 is 2.48 bits per heavy atom. The Bertz CT molecular complexity index is 492. The van der Waals surface area contributed by atoms with Gasteiger partial charge in [-0.3, -0.25) is 4.79 Å². The lowest BCUT2D eigenvalue weighted by Crippen LogP contribution is -2.37. The average Bonchev–Trinajstić information content (AvgIpc) is 2.45. The second-order valence-electron chi connectivity index (χ2n) is 4.28. The topological polar surface area (TPSA) is 70.2 Å². The van der Waals surface area contributed by atoms with Crippen LogP contribution in [0.1, 0.15) is 19.0 Å². The summed E-state index contributed by atoms with van der Waals surface area (Å²) >= 11 is 0. The Kier molecular flexibility index (Phi) is 5.74. The third kappa shape index (κ3) is 4.76. The summed E-state index contributed by atoms with van der Waals surface area (Å²) in [4.78, 5) is 20.3. The number of aromatic nitrogens is 2. The molecule has 2 N–H and O–H groups in total. The highest BCUT2D eigenvalue weighted by molar-refractivity contribution is 5.80. The number of hydrogen-bond donors (Lipinski definition) is 2. The Morgan fingerprint density at radius 2 is 2.00 bits per heavy atom. The summed E-state index contributed by atoms with van der Waals surface area (Å²) in [7, 11) is 2.90. The molecule has 21 heavy (non-hydrogen) atoms. The van der Waals surface area contributed by atoms with Crippen molar-refractivity contribution in [2.45, 2.75) is 19.5 Å². The molecule has 1 amide bonds. The fourth-order valence-electron chi connectivity index (χ4n) is 1.65. The molecule has 0 atom stereocenters. The van der Waals surface area contributed by atoms with E-state index < -0.39 is 11.9 Å². The zero-order valence-electron chi connectivity index (χ0n) is 12.1. The van der Waals surface area contributed by atoms with Crippen LogP contribution in [0.3, 0.4) is 0 Å². The number of carbonyl (C=O) groups is 1. The molecule has 0 aliphatic rings. The Hall–Kier alpha value is -2.06. The standard InChI is InChI=1S/C12H18F3N5O/c1-4-5-20(7-10(21)16-2)9-6-8(12(13,14)15)18-11(17-3)19-9/h6H,4-5,7H2,1-3H3,(H,16,21)(H,17,18,19). The van der Waals surface area contributed by atoms with Crippen molar-refractivity contribution in [2.75, 3.05) is 37.4 Å². The zero-order valence-corrected chi connectivity index (χ0v) is 12.1. The van der Waals surface area contributed by atoms with Gasteiger partial charge in [0.05, 0.1) is 6.54 Å². The number of carbonyl (C=O) groups excluding carboxylic acids is 1. The van der Waals surface area contributed by atoms with Crippen molar-refractivity contribution >= 4 is 17.7 Å². The van der Waals surface area contributed by atoms with Crippen LogP contribution in [-0.4, -0.2) is 43.1 Å². The van der Waals surface area contributed by atoms with Gasteiger partial charge in [0.15, 0.2) is 5.69 Å². The maximum Gasteiger partial charge on any atom is 0.433 e. The molecule has 0 aliphatic carbocycles. The second-order valence-corrected chi connectivity index (χ2v) is 4.28. The number of nitrogens with one attached hydrogen (secondary N) is 2. The summed E-state index contributed by atoms with van der Waals surface area (Å²) in [6.45, 7) is 2.20. The molecular formula is C12H18F3N5O. The maximum absolute atomic E-state index is 12.8. The summed E-state index contributed by atoms with van der Waals surface area (Å²) < 4.78 is 38.5. The van der Waals surface area contributed by atoms with E-state index in [1.807, 2.05) is 6.92 Å². The average molecular weight is 305 g/mol. The lowest BCUT2D eigenvalue weighted by atomic mass is 10.3. The van der Waals surface area contributed by atoms with Crippen molar-refractivity contribution in [3.8, 4) is 0 Å². The number of hydrogen-bond acceptors (Lipinski definition) is 5. The van der Waals surface area contributed by atoms with Crippen LogP contribution < -0.4 is 15.5 Å². The monoisotopic (exact) mass is 305 g/mol. The van der Waals surface area contributed by atoms with E-state index in [1.165, 1.54) is 19.0 Å². The van der Waals surface area contributed by atoms with Gasteiger partial charge in [-0.25, -0.2) is 4.98 Å². The fraction of sp³-hybridized carbons (Fsp3) is 0.583. The first-order chi connectivity index (χ1) is 9.81. The van der Waals surface area contributed by atoms with Gasteiger partial charge in [0, 0.05) is 26.7 Å². The Balaban J connectivity index is 3.20. The van der Waals surface area contributed by atoms with E-state index in [4.69, 9.17) is 0 Å². The number of amides is 1. The van der Waals surface area contributed by atoms with Crippen LogP contribution in [0.2, 0.25) is 0 Å². The minimum atomic E-state index is -4.58. The van der Waals surface area contributed by atoms with Gasteiger partial charge in [-0.15, -0.1) is 0 Å². The van der Waals surface area contributed by atoms with Gasteiger partial charge in [0.1, 0.15) is 5.82 Å². The minimum absolute atomic E-state index is 0.0622. The highest BCUT2D eigenvalue weighted by Crippen LogP contribution is 2.30. The Labute approximate surface area is 120 Å². The summed E-state index contributed by atoms with van der Waals surface area (Å²) in [6, 6.07) is 0.847. The number of halogens is 3. The highest BCUT2D eigenvalue weighted by atomic mass is 19.4. The third-order valence-corrected chi connectivity index (χ3v) is 2.66. The molecule has 1 heterocycles. The SMILES string of the molecule is CCCN(CC(=O)NC)c1cc(C(F)(F)F)nc(NC)n1. The van der Waals surface area contributed by atoms with Crippen molar-refractivity contribution in [3.05, 3.63) is 11.8 Å². The largest absolute Gasteiger partial charge is 0.433 e. The maximum atomic E-state index is 12.8. The molecule has 1 aromatic heterocycles. The molecule has 0 aromatic carbocycles. The number of rotatable bonds is 6. The van der Waals surface area contributed by atoms with E-state index in [1.54, 1.807) is 0 Å². The molecule has 6 nitrogen and oxygen atoms in total. The molecule has 118 valence electrons. The molecule has 0 saturated carbocycles. The second kappa shape index (κ2) is 7.09. The van der Waals surface area contributed by atoms with Crippen LogP contribution in [0.4, 0.5) is 24.9 Å². The first-order valence-electron chi connectivity index (χ1n) is 6.41. The molecule has 0 aliphatic heterocycles. The van der Waals surface area contributed by atoms with Crippen molar-refractivity contribution < 1.29 is 18.0 Å². The molecule has 0 saturated heterocycles. The minimum Gasteiger partial charge on any atom is -0.358 e. The summed E-state index contributed by atoms with van der Waals surface area (Å²) in [5, 5.41) is 4.93. The molecule has 0 bridgehead atoms. The predicted octanol–water partition coefficient (Wildman–Crippen LogP) is 1.50. The van der Waals surface area contributed by atoms with Gasteiger partial charge < -0.3 is 15.5 Å². The quantitative estimate of drug-likeness (QED) is 0.833. The molecular weight excluding hydrogens is 287 g/mol. The summed E-state index contributed by atoms with van der Waals surface area (Å²) in [6.07, 6.45) is -3.91. The van der Waals surface area contributed by atoms with Crippen LogP contribution >= 0.6 is 0 Å². The molecule has 0 fully saturated rings. The van der Waals surface area contributed by atoms with Gasteiger partial charge in [-0.2, -0.15) is 18.2 Å². The highest BCUT2D eigenvalue weighted by Gasteiger charge is 2.34. The van der Waals surface area contributed by atoms with Crippen LogP contribution in [0.15, 0.2) is 6.07 Å². The smallest absolute Gasteiger partial charge is 0.358 e. The first-order valence-corrected chi connectivity index (χ1v) is 6.41. The van der Waals surface area contributed by atoms with Crippen molar-refractivity contribution in [1.82, 2.24) is 15.3 Å². The van der Waals surface area contributed by atoms with Crippen LogP contribution in [0.5, 0.6) is 0 Å². The van der Waals surface area contributed by atoms with Crippen molar-refractivity contribution in [1.29, 1.82) is 0 Å². The van der Waals surface area contributed by atoms with Gasteiger partial charge in [0.2, 0.25) is 11.9 Å². The van der Waals surface area contributed by atoms with Crippen molar-refractivity contribution in [3.63, 3.8) is 0 Å². The van der Waals surface area contributed by atoms with Gasteiger partial charge >= 0.3 is 6.18 Å². The fourth-order valence-corrected chi connectivity index (χ4v) is 1.65. The number of likely N-dealkylation sites (N-methyl/N-ethyl adjacent to an activating group) is 1. The lowest BCUT2D eigenvalue weighted by molar-refractivity contribution is -0.141. The van der Waals surface area contributed by atoms with E-state index in [-0.39, 0.29) is 24.2 Å². The number of alkyl halides is 3. The normalized spacial score (nSPS) is 11.1. The molecule has 1 aromatic rings. The molecule has 1 rings (SSSR count). The lowest BCUT2D eigenvalue weighted by Gasteiger charge is -2.23. The number of anilines is 2. The van der Waals surface area contributed by atoms with E-state index in [0.717, 1.165) is 6.07 Å². The van der Waals surface area contributed by atoms with E-state index in [2.05, 4.69) is 20.6 Å². The summed E-state index contributed by atoms with van der Waals surface area (Å²) in [5.74, 6) is -0.383. The zero-order chi connectivity index (χ0) is 16.0. The van der Waals surface area contributed by atoms with Crippen LogP contribution in [0, 0.1) is 0 Å². The van der Waals surface area contributed by atoms with Crippen LogP contribution in [-0.2, 0) is 11.0 Å². The van der Waals surface area contributed by atoms with Gasteiger partial charge in [-0.1, -0.05) is 6.92 Å². The van der Waals surface area contributed by atoms with Gasteiger partial charge in [-0.05, 0) is 6.42 Å². The molecule has 0 unspecified atom stereocenters. The Morgan fingerprint density at radius 1 is 1.33 bits per heavy atom. The van der Waals surface area contributed by atoms with E-state index in [9.17, 15) is 18.0 Å². The molecule has 0 spiro atoms. The molecule has 0 radical (unpaired) electrons. The third-order valence-electron chi connectivity index (χ3n) is 2.66. The van der Waals surface area contributed by atoms with Crippen molar-refractivity contribution in [2.24, 2.45) is 0 Å². The molecule has 9 heteroatoms. The van der Waals surface area contributed by atoms with E-state index >= 15 is 0 Å². The van der Waals surface area contributed by atoms with Crippen LogP contribution in [0.25, 0.3) is 0 Å². The van der Waals surface area contributed by atoms with E-state index in [0.29, 0.717) is 13.0 Å². The first kappa shape index (κ1) is 17.0. The van der Waals surface area contributed by atoms with Gasteiger partial charge in [0.25, 0.3) is 0 Å².